The van der Waals surface area contributed by atoms with Crippen molar-refractivity contribution in [3.63, 3.8) is 0 Å². The molecule has 0 aliphatic heterocycles. The number of hydrogen-bond acceptors (Lipinski definition) is 3. The molecule has 0 bridgehead atoms. The molecule has 1 unspecified atom stereocenters. The molecule has 1 aromatic carbocycles. The zero-order chi connectivity index (χ0) is 12.4. The van der Waals surface area contributed by atoms with Crippen molar-refractivity contribution in [3.05, 3.63) is 34.3 Å². The molecule has 1 aliphatic rings. The number of rotatable bonds is 2. The van der Waals surface area contributed by atoms with Crippen LogP contribution in [0.1, 0.15) is 29.6 Å². The summed E-state index contributed by atoms with van der Waals surface area (Å²) in [5.74, 6) is -1.98. The summed E-state index contributed by atoms with van der Waals surface area (Å²) in [7, 11) is 0. The summed E-state index contributed by atoms with van der Waals surface area (Å²) in [6.07, 6.45) is 1.37. The number of benzene rings is 1. The molecule has 1 saturated carbocycles. The van der Waals surface area contributed by atoms with Gasteiger partial charge in [0.2, 0.25) is 5.78 Å². The average molecular weight is 295 g/mol. The number of carbonyl (C=O) groups is 3. The summed E-state index contributed by atoms with van der Waals surface area (Å²) in [5, 5.41) is 0. The molecular formula is C13H11BrO3. The molecule has 4 heteroatoms. The fourth-order valence-electron chi connectivity index (χ4n) is 2.01. The van der Waals surface area contributed by atoms with E-state index in [2.05, 4.69) is 15.9 Å². The molecule has 0 radical (unpaired) electrons. The van der Waals surface area contributed by atoms with Gasteiger partial charge in [-0.05, 0) is 18.9 Å². The molecule has 88 valence electrons. The molecule has 3 nitrogen and oxygen atoms in total. The van der Waals surface area contributed by atoms with E-state index in [1.807, 2.05) is 0 Å². The number of Topliss-reactive ketones (excluding diaryl/α,β-unsaturated/α-hetero) is 3. The molecule has 1 atom stereocenters. The van der Waals surface area contributed by atoms with Crippen LogP contribution in [0.5, 0.6) is 0 Å². The Hall–Kier alpha value is -1.29. The molecule has 0 saturated heterocycles. The summed E-state index contributed by atoms with van der Waals surface area (Å²) in [6.45, 7) is 0. The van der Waals surface area contributed by atoms with Crippen LogP contribution in [0.25, 0.3) is 0 Å². The van der Waals surface area contributed by atoms with Crippen LogP contribution >= 0.6 is 15.9 Å². The Bertz CT molecular complexity index is 493. The Kier molecular flexibility index (Phi) is 3.52. The normalized spacial score (nSPS) is 20.4. The van der Waals surface area contributed by atoms with Gasteiger partial charge >= 0.3 is 0 Å². The van der Waals surface area contributed by atoms with E-state index in [1.54, 1.807) is 24.3 Å². The first-order valence-electron chi connectivity index (χ1n) is 5.47. The largest absolute Gasteiger partial charge is 0.293 e. The lowest BCUT2D eigenvalue weighted by atomic mass is 9.82. The molecule has 1 aromatic rings. The Balaban J connectivity index is 2.29. The van der Waals surface area contributed by atoms with Crippen molar-refractivity contribution in [1.29, 1.82) is 0 Å². The van der Waals surface area contributed by atoms with Crippen LogP contribution in [-0.2, 0) is 9.59 Å². The Labute approximate surface area is 107 Å². The van der Waals surface area contributed by atoms with Gasteiger partial charge in [0.25, 0.3) is 0 Å². The topological polar surface area (TPSA) is 51.2 Å². The maximum atomic E-state index is 12.2. The van der Waals surface area contributed by atoms with Crippen LogP contribution in [0.2, 0.25) is 0 Å². The SMILES string of the molecule is O=C1CCCC(C(=O)c2ccccc2Br)C1=O. The highest BCUT2D eigenvalue weighted by Gasteiger charge is 2.35. The second-order valence-electron chi connectivity index (χ2n) is 4.08. The molecule has 17 heavy (non-hydrogen) atoms. The molecule has 0 heterocycles. The van der Waals surface area contributed by atoms with Crippen LogP contribution in [0.15, 0.2) is 28.7 Å². The average Bonchev–Trinajstić information content (AvgIpc) is 2.32. The van der Waals surface area contributed by atoms with Gasteiger partial charge in [0.15, 0.2) is 11.6 Å². The zero-order valence-corrected chi connectivity index (χ0v) is 10.7. The number of halogens is 1. The van der Waals surface area contributed by atoms with Crippen LogP contribution in [-0.4, -0.2) is 17.3 Å². The van der Waals surface area contributed by atoms with Crippen LogP contribution < -0.4 is 0 Å². The van der Waals surface area contributed by atoms with Crippen molar-refractivity contribution in [1.82, 2.24) is 0 Å². The molecule has 0 aromatic heterocycles. The minimum atomic E-state index is -0.782. The third kappa shape index (κ3) is 2.36. The predicted octanol–water partition coefficient (Wildman–Crippen LogP) is 2.57. The molecule has 0 spiro atoms. The van der Waals surface area contributed by atoms with Crippen LogP contribution in [0.3, 0.4) is 0 Å². The van der Waals surface area contributed by atoms with Crippen molar-refractivity contribution < 1.29 is 14.4 Å². The van der Waals surface area contributed by atoms with E-state index >= 15 is 0 Å². The van der Waals surface area contributed by atoms with Crippen LogP contribution in [0, 0.1) is 5.92 Å². The van der Waals surface area contributed by atoms with Gasteiger partial charge in [-0.3, -0.25) is 14.4 Å². The molecule has 0 N–H and O–H groups in total. The van der Waals surface area contributed by atoms with E-state index in [4.69, 9.17) is 0 Å². The van der Waals surface area contributed by atoms with Gasteiger partial charge < -0.3 is 0 Å². The predicted molar refractivity (Wildman–Crippen MR) is 65.8 cm³/mol. The van der Waals surface area contributed by atoms with Gasteiger partial charge in [-0.25, -0.2) is 0 Å². The number of hydrogen-bond donors (Lipinski definition) is 0. The molecule has 2 rings (SSSR count). The second kappa shape index (κ2) is 4.92. The Morgan fingerprint density at radius 3 is 2.65 bits per heavy atom. The van der Waals surface area contributed by atoms with Gasteiger partial charge in [0.05, 0.1) is 5.92 Å². The molecule has 1 fully saturated rings. The van der Waals surface area contributed by atoms with Gasteiger partial charge in [-0.15, -0.1) is 0 Å². The second-order valence-corrected chi connectivity index (χ2v) is 4.93. The van der Waals surface area contributed by atoms with Crippen molar-refractivity contribution in [2.24, 2.45) is 5.92 Å². The minimum absolute atomic E-state index is 0.254. The van der Waals surface area contributed by atoms with Gasteiger partial charge in [0, 0.05) is 16.5 Å². The first-order chi connectivity index (χ1) is 8.11. The van der Waals surface area contributed by atoms with E-state index in [0.717, 1.165) is 0 Å². The van der Waals surface area contributed by atoms with Crippen LogP contribution in [0.4, 0.5) is 0 Å². The first-order valence-corrected chi connectivity index (χ1v) is 6.26. The highest BCUT2D eigenvalue weighted by Crippen LogP contribution is 2.26. The van der Waals surface area contributed by atoms with Crippen molar-refractivity contribution in [3.8, 4) is 0 Å². The van der Waals surface area contributed by atoms with Gasteiger partial charge in [-0.1, -0.05) is 34.1 Å². The summed E-state index contributed by atoms with van der Waals surface area (Å²) >= 11 is 3.28. The highest BCUT2D eigenvalue weighted by molar-refractivity contribution is 9.10. The quantitative estimate of drug-likeness (QED) is 0.478. The standard InChI is InChI=1S/C13H11BrO3/c14-10-6-2-1-4-8(10)12(16)9-5-3-7-11(15)13(9)17/h1-2,4,6,9H,3,5,7H2. The van der Waals surface area contributed by atoms with E-state index in [1.165, 1.54) is 0 Å². The fraction of sp³-hybridized carbons (Fsp3) is 0.308. The summed E-state index contributed by atoms with van der Waals surface area (Å²) in [5.41, 5.74) is 0.473. The molecule has 0 amide bonds. The monoisotopic (exact) mass is 294 g/mol. The fourth-order valence-corrected chi connectivity index (χ4v) is 2.49. The Morgan fingerprint density at radius 1 is 1.24 bits per heavy atom. The molecule has 1 aliphatic carbocycles. The highest BCUT2D eigenvalue weighted by atomic mass is 79.9. The van der Waals surface area contributed by atoms with E-state index in [-0.39, 0.29) is 12.2 Å². The smallest absolute Gasteiger partial charge is 0.209 e. The summed E-state index contributed by atoms with van der Waals surface area (Å²) < 4.78 is 0.663. The zero-order valence-electron chi connectivity index (χ0n) is 9.11. The minimum Gasteiger partial charge on any atom is -0.293 e. The van der Waals surface area contributed by atoms with Crippen molar-refractivity contribution in [2.45, 2.75) is 19.3 Å². The van der Waals surface area contributed by atoms with Crippen molar-refractivity contribution in [2.75, 3.05) is 0 Å². The van der Waals surface area contributed by atoms with Gasteiger partial charge in [-0.2, -0.15) is 0 Å². The number of carbonyl (C=O) groups excluding carboxylic acids is 3. The lowest BCUT2D eigenvalue weighted by molar-refractivity contribution is -0.139. The third-order valence-corrected chi connectivity index (χ3v) is 3.64. The Morgan fingerprint density at radius 2 is 1.94 bits per heavy atom. The van der Waals surface area contributed by atoms with E-state index in [9.17, 15) is 14.4 Å². The lowest BCUT2D eigenvalue weighted by Gasteiger charge is -2.18. The molecular weight excluding hydrogens is 284 g/mol. The lowest BCUT2D eigenvalue weighted by Crippen LogP contribution is -2.34. The van der Waals surface area contributed by atoms with E-state index < -0.39 is 17.5 Å². The first kappa shape index (κ1) is 12.2. The van der Waals surface area contributed by atoms with Gasteiger partial charge in [0.1, 0.15) is 0 Å². The third-order valence-electron chi connectivity index (χ3n) is 2.94. The maximum Gasteiger partial charge on any atom is 0.209 e. The van der Waals surface area contributed by atoms with Crippen molar-refractivity contribution >= 4 is 33.3 Å². The summed E-state index contributed by atoms with van der Waals surface area (Å²) in [6, 6.07) is 6.96. The number of ketones is 3. The maximum absolute atomic E-state index is 12.2. The van der Waals surface area contributed by atoms with E-state index in [0.29, 0.717) is 22.9 Å². The summed E-state index contributed by atoms with van der Waals surface area (Å²) in [4.78, 5) is 35.2.